The molecule has 1 aliphatic rings. The number of fused-ring (bicyclic) bond motifs is 6. The maximum atomic E-state index is 6.35. The summed E-state index contributed by atoms with van der Waals surface area (Å²) in [4.78, 5) is 5.04. The summed E-state index contributed by atoms with van der Waals surface area (Å²) in [5, 5.41) is 5.60. The molecule has 0 saturated carbocycles. The van der Waals surface area contributed by atoms with Crippen molar-refractivity contribution in [3.8, 4) is 21.7 Å². The highest BCUT2D eigenvalue weighted by Crippen LogP contribution is 2.40. The summed E-state index contributed by atoms with van der Waals surface area (Å²) in [7, 11) is -0.424. The summed E-state index contributed by atoms with van der Waals surface area (Å²) in [5.74, 6) is 0. The second-order valence-electron chi connectivity index (χ2n) is 11.9. The molecule has 1 fully saturated rings. The van der Waals surface area contributed by atoms with Crippen LogP contribution in [0.25, 0.3) is 64.6 Å². The summed E-state index contributed by atoms with van der Waals surface area (Å²) < 4.78 is 20.2. The highest BCUT2D eigenvalue weighted by Gasteiger charge is 2.51. The number of benzene rings is 5. The van der Waals surface area contributed by atoms with Crippen molar-refractivity contribution in [2.45, 2.75) is 38.9 Å². The van der Waals surface area contributed by atoms with Crippen molar-refractivity contribution in [2.75, 3.05) is 0 Å². The molecule has 0 radical (unpaired) electrons. The quantitative estimate of drug-likeness (QED) is 0.205. The van der Waals surface area contributed by atoms with Gasteiger partial charge in [0.25, 0.3) is 0 Å². The van der Waals surface area contributed by atoms with Crippen molar-refractivity contribution in [1.82, 2.24) is 4.98 Å². The maximum Gasteiger partial charge on any atom is 0.494 e. The first-order valence-electron chi connectivity index (χ1n) is 14.0. The number of rotatable bonds is 3. The lowest BCUT2D eigenvalue weighted by atomic mass is 9.78. The first-order chi connectivity index (χ1) is 19.8. The molecule has 2 aromatic heterocycles. The first-order valence-corrected chi connectivity index (χ1v) is 14.8. The maximum absolute atomic E-state index is 6.35. The van der Waals surface area contributed by atoms with E-state index in [-0.39, 0.29) is 0 Å². The van der Waals surface area contributed by atoms with E-state index in [0.29, 0.717) is 0 Å². The molecule has 0 N–H and O–H groups in total. The SMILES string of the molecule is CC1(C)OB(c2ccc3oc4cccc(-c5ccc(-c6nc7c(ccc8ccccc87)s6)cc5)c4c3c2)OC1(C)C. The predicted octanol–water partition coefficient (Wildman–Crippen LogP) is 8.98. The Morgan fingerprint density at radius 3 is 2.24 bits per heavy atom. The van der Waals surface area contributed by atoms with E-state index in [1.807, 2.05) is 18.2 Å². The fourth-order valence-electron chi connectivity index (χ4n) is 5.79. The van der Waals surface area contributed by atoms with Crippen LogP contribution in [0.3, 0.4) is 0 Å². The number of nitrogens with zero attached hydrogens (tertiary/aromatic N) is 1. The van der Waals surface area contributed by atoms with Crippen molar-refractivity contribution in [3.63, 3.8) is 0 Å². The van der Waals surface area contributed by atoms with Crippen LogP contribution in [0, 0.1) is 0 Å². The second kappa shape index (κ2) is 8.77. The van der Waals surface area contributed by atoms with Crippen LogP contribution in [0.2, 0.25) is 0 Å². The van der Waals surface area contributed by atoms with Crippen LogP contribution >= 0.6 is 11.3 Å². The van der Waals surface area contributed by atoms with E-state index in [2.05, 4.69) is 107 Å². The van der Waals surface area contributed by atoms with E-state index in [1.54, 1.807) is 11.3 Å². The largest absolute Gasteiger partial charge is 0.494 e. The number of thiazole rings is 1. The molecule has 41 heavy (non-hydrogen) atoms. The third-order valence-electron chi connectivity index (χ3n) is 8.77. The lowest BCUT2D eigenvalue weighted by Crippen LogP contribution is -2.41. The summed E-state index contributed by atoms with van der Waals surface area (Å²) in [5.41, 5.74) is 6.38. The third-order valence-corrected chi connectivity index (χ3v) is 9.84. The Kier molecular flexibility index (Phi) is 5.30. The normalized spacial score (nSPS) is 16.4. The lowest BCUT2D eigenvalue weighted by molar-refractivity contribution is 0.00578. The van der Waals surface area contributed by atoms with E-state index in [9.17, 15) is 0 Å². The van der Waals surface area contributed by atoms with Gasteiger partial charge in [-0.1, -0.05) is 78.9 Å². The third kappa shape index (κ3) is 3.86. The van der Waals surface area contributed by atoms with Gasteiger partial charge in [0.05, 0.1) is 21.4 Å². The minimum Gasteiger partial charge on any atom is -0.456 e. The van der Waals surface area contributed by atoms with Gasteiger partial charge in [0.2, 0.25) is 0 Å². The monoisotopic (exact) mass is 553 g/mol. The molecule has 0 unspecified atom stereocenters. The van der Waals surface area contributed by atoms with Gasteiger partial charge >= 0.3 is 7.12 Å². The molecular formula is C35H28BNO3S. The van der Waals surface area contributed by atoms with E-state index in [4.69, 9.17) is 18.7 Å². The predicted molar refractivity (Wildman–Crippen MR) is 171 cm³/mol. The van der Waals surface area contributed by atoms with Gasteiger partial charge in [0.15, 0.2) is 0 Å². The van der Waals surface area contributed by atoms with Crippen molar-refractivity contribution < 1.29 is 13.7 Å². The molecule has 0 aliphatic carbocycles. The molecule has 0 atom stereocenters. The highest BCUT2D eigenvalue weighted by molar-refractivity contribution is 7.21. The minimum atomic E-state index is -0.424. The van der Waals surface area contributed by atoms with Crippen LogP contribution in [0.15, 0.2) is 101 Å². The molecule has 1 saturated heterocycles. The summed E-state index contributed by atoms with van der Waals surface area (Å²) in [6.07, 6.45) is 0. The van der Waals surface area contributed by atoms with Crippen LogP contribution in [0.1, 0.15) is 27.7 Å². The minimum absolute atomic E-state index is 0.394. The van der Waals surface area contributed by atoms with Gasteiger partial charge in [-0.15, -0.1) is 11.3 Å². The molecular weight excluding hydrogens is 525 g/mol. The van der Waals surface area contributed by atoms with Crippen molar-refractivity contribution >= 4 is 66.8 Å². The van der Waals surface area contributed by atoms with Gasteiger partial charge in [-0.05, 0) is 67.9 Å². The Bertz CT molecular complexity index is 2110. The Labute approximate surface area is 242 Å². The number of hydrogen-bond acceptors (Lipinski definition) is 5. The van der Waals surface area contributed by atoms with Crippen LogP contribution in [0.5, 0.6) is 0 Å². The van der Waals surface area contributed by atoms with E-state index in [0.717, 1.165) is 54.6 Å². The van der Waals surface area contributed by atoms with E-state index >= 15 is 0 Å². The highest BCUT2D eigenvalue weighted by atomic mass is 32.1. The number of hydrogen-bond donors (Lipinski definition) is 0. The van der Waals surface area contributed by atoms with Gasteiger partial charge in [-0.3, -0.25) is 0 Å². The van der Waals surface area contributed by atoms with E-state index in [1.165, 1.54) is 15.5 Å². The molecule has 7 aromatic rings. The van der Waals surface area contributed by atoms with Crippen molar-refractivity contribution in [2.24, 2.45) is 0 Å². The van der Waals surface area contributed by atoms with E-state index < -0.39 is 18.3 Å². The second-order valence-corrected chi connectivity index (χ2v) is 12.9. The van der Waals surface area contributed by atoms with Gasteiger partial charge < -0.3 is 13.7 Å². The standard InChI is InChI=1S/C35H28BNO3S/c1-34(2)35(3,4)40-36(39-34)24-17-18-28-27(20-24)31-25(10-7-11-29(31)38-28)22-12-14-23(15-13-22)33-37-32-26-9-6-5-8-21(26)16-19-30(32)41-33/h5-20H,1-4H3. The average molecular weight is 553 g/mol. The molecule has 8 rings (SSSR count). The number of furan rings is 1. The van der Waals surface area contributed by atoms with Gasteiger partial charge in [-0.2, -0.15) is 0 Å². The van der Waals surface area contributed by atoms with Crippen molar-refractivity contribution in [1.29, 1.82) is 0 Å². The Morgan fingerprint density at radius 2 is 1.44 bits per heavy atom. The topological polar surface area (TPSA) is 44.5 Å². The smallest absolute Gasteiger partial charge is 0.456 e. The molecule has 0 bridgehead atoms. The fourth-order valence-corrected chi connectivity index (χ4v) is 6.78. The molecule has 0 amide bonds. The summed E-state index contributed by atoms with van der Waals surface area (Å²) in [6.45, 7) is 8.32. The number of aromatic nitrogens is 1. The van der Waals surface area contributed by atoms with Gasteiger partial charge in [0, 0.05) is 21.7 Å². The lowest BCUT2D eigenvalue weighted by Gasteiger charge is -2.32. The van der Waals surface area contributed by atoms with Crippen LogP contribution in [0.4, 0.5) is 0 Å². The zero-order valence-electron chi connectivity index (χ0n) is 23.4. The average Bonchev–Trinajstić information content (AvgIpc) is 3.64. The Balaban J connectivity index is 1.20. The van der Waals surface area contributed by atoms with Gasteiger partial charge in [-0.25, -0.2) is 4.98 Å². The van der Waals surface area contributed by atoms with Crippen LogP contribution < -0.4 is 5.46 Å². The molecule has 3 heterocycles. The van der Waals surface area contributed by atoms with Crippen molar-refractivity contribution in [3.05, 3.63) is 97.1 Å². The molecule has 6 heteroatoms. The van der Waals surface area contributed by atoms with Gasteiger partial charge in [0.1, 0.15) is 16.2 Å². The summed E-state index contributed by atoms with van der Waals surface area (Å²) >= 11 is 1.74. The molecule has 4 nitrogen and oxygen atoms in total. The summed E-state index contributed by atoms with van der Waals surface area (Å²) in [6, 6.07) is 34.0. The molecule has 0 spiro atoms. The fraction of sp³-hybridized carbons (Fsp3) is 0.171. The first kappa shape index (κ1) is 24.8. The van der Waals surface area contributed by atoms with Crippen LogP contribution in [-0.2, 0) is 9.31 Å². The molecule has 200 valence electrons. The zero-order chi connectivity index (χ0) is 27.9. The molecule has 1 aliphatic heterocycles. The molecule has 5 aromatic carbocycles. The zero-order valence-corrected chi connectivity index (χ0v) is 24.2. The Morgan fingerprint density at radius 1 is 0.683 bits per heavy atom. The Hall–Kier alpha value is -3.97. The van der Waals surface area contributed by atoms with Crippen LogP contribution in [-0.4, -0.2) is 23.3 Å².